The second kappa shape index (κ2) is 4.72. The van der Waals surface area contributed by atoms with Crippen LogP contribution in [0.1, 0.15) is 10.4 Å². The van der Waals surface area contributed by atoms with Crippen LogP contribution in [-0.2, 0) is 0 Å². The van der Waals surface area contributed by atoms with E-state index < -0.39 is 0 Å². The summed E-state index contributed by atoms with van der Waals surface area (Å²) in [5, 5.41) is 6.51. The number of benzene rings is 1. The quantitative estimate of drug-likeness (QED) is 0.831. The van der Waals surface area contributed by atoms with E-state index >= 15 is 0 Å². The molecule has 2 rings (SSSR count). The summed E-state index contributed by atoms with van der Waals surface area (Å²) in [6, 6.07) is 5.20. The van der Waals surface area contributed by atoms with Gasteiger partial charge in [-0.05, 0) is 18.2 Å². The highest BCUT2D eigenvalue weighted by atomic mass is 35.5. The summed E-state index contributed by atoms with van der Waals surface area (Å²) in [6.45, 7) is 1.63. The molecule has 2 N–H and O–H groups in total. The van der Waals surface area contributed by atoms with Gasteiger partial charge in [-0.2, -0.15) is 0 Å². The maximum absolute atomic E-state index is 11.9. The molecule has 1 aromatic rings. The van der Waals surface area contributed by atoms with Crippen molar-refractivity contribution < 1.29 is 9.53 Å². The Morgan fingerprint density at radius 1 is 1.56 bits per heavy atom. The third-order valence-corrected chi connectivity index (χ3v) is 2.76. The van der Waals surface area contributed by atoms with Crippen LogP contribution in [0.25, 0.3) is 0 Å². The van der Waals surface area contributed by atoms with Crippen molar-refractivity contribution in [2.24, 2.45) is 0 Å². The lowest BCUT2D eigenvalue weighted by molar-refractivity contribution is 0.0921. The van der Waals surface area contributed by atoms with Gasteiger partial charge in [0, 0.05) is 18.1 Å². The number of carbonyl (C=O) groups excluding carboxylic acids is 1. The van der Waals surface area contributed by atoms with Gasteiger partial charge in [0.15, 0.2) is 0 Å². The number of amides is 1. The van der Waals surface area contributed by atoms with E-state index in [1.54, 1.807) is 18.2 Å². The molecule has 1 heterocycles. The maximum Gasteiger partial charge on any atom is 0.255 e. The molecule has 1 aromatic carbocycles. The minimum atomic E-state index is -0.147. The van der Waals surface area contributed by atoms with Crippen molar-refractivity contribution in [3.63, 3.8) is 0 Å². The van der Waals surface area contributed by atoms with E-state index in [2.05, 4.69) is 10.6 Å². The summed E-state index contributed by atoms with van der Waals surface area (Å²) in [7, 11) is 1.53. The highest BCUT2D eigenvalue weighted by Gasteiger charge is 2.21. The van der Waals surface area contributed by atoms with Crippen LogP contribution in [-0.4, -0.2) is 32.1 Å². The molecule has 0 radical (unpaired) electrons. The fraction of sp³-hybridized carbons (Fsp3) is 0.364. The van der Waals surface area contributed by atoms with E-state index in [0.717, 1.165) is 13.1 Å². The third kappa shape index (κ3) is 2.28. The van der Waals surface area contributed by atoms with E-state index in [0.29, 0.717) is 16.3 Å². The van der Waals surface area contributed by atoms with Gasteiger partial charge in [-0.1, -0.05) is 11.6 Å². The molecule has 0 aliphatic carbocycles. The number of hydrogen-bond donors (Lipinski definition) is 2. The molecule has 5 heteroatoms. The molecule has 1 aliphatic heterocycles. The monoisotopic (exact) mass is 240 g/mol. The van der Waals surface area contributed by atoms with Gasteiger partial charge in [0.05, 0.1) is 18.7 Å². The summed E-state index contributed by atoms with van der Waals surface area (Å²) in [6.07, 6.45) is 0. The van der Waals surface area contributed by atoms with Crippen LogP contribution in [0.3, 0.4) is 0 Å². The average molecular weight is 241 g/mol. The molecule has 0 bridgehead atoms. The zero-order chi connectivity index (χ0) is 11.5. The molecule has 1 aliphatic rings. The molecule has 0 aromatic heterocycles. The number of ether oxygens (including phenoxy) is 1. The molecule has 4 nitrogen and oxygen atoms in total. The average Bonchev–Trinajstić information content (AvgIpc) is 2.23. The van der Waals surface area contributed by atoms with Gasteiger partial charge in [-0.3, -0.25) is 4.79 Å². The number of rotatable bonds is 3. The summed E-state index contributed by atoms with van der Waals surface area (Å²) in [4.78, 5) is 11.9. The predicted octanol–water partition coefficient (Wildman–Crippen LogP) is 1.05. The van der Waals surface area contributed by atoms with Gasteiger partial charge in [0.1, 0.15) is 5.75 Å². The van der Waals surface area contributed by atoms with Crippen molar-refractivity contribution in [2.75, 3.05) is 20.2 Å². The summed E-state index contributed by atoms with van der Waals surface area (Å²) in [5.74, 6) is 0.389. The first-order valence-electron chi connectivity index (χ1n) is 5.06. The zero-order valence-electron chi connectivity index (χ0n) is 8.92. The van der Waals surface area contributed by atoms with E-state index in [1.165, 1.54) is 7.11 Å². The number of methoxy groups -OCH3 is 1. The fourth-order valence-electron chi connectivity index (χ4n) is 1.51. The van der Waals surface area contributed by atoms with E-state index in [1.807, 2.05) is 0 Å². The van der Waals surface area contributed by atoms with Crippen molar-refractivity contribution in [3.05, 3.63) is 28.8 Å². The van der Waals surface area contributed by atoms with E-state index in [4.69, 9.17) is 16.3 Å². The van der Waals surface area contributed by atoms with Crippen molar-refractivity contribution in [1.29, 1.82) is 0 Å². The smallest absolute Gasteiger partial charge is 0.255 e. The van der Waals surface area contributed by atoms with Crippen molar-refractivity contribution >= 4 is 17.5 Å². The Hall–Kier alpha value is -1.26. The molecule has 0 atom stereocenters. The number of carbonyl (C=O) groups is 1. The van der Waals surface area contributed by atoms with Crippen LogP contribution in [0.4, 0.5) is 0 Å². The summed E-state index contributed by atoms with van der Waals surface area (Å²) >= 11 is 5.85. The highest BCUT2D eigenvalue weighted by molar-refractivity contribution is 6.31. The van der Waals surface area contributed by atoms with E-state index in [-0.39, 0.29) is 11.9 Å². The summed E-state index contributed by atoms with van der Waals surface area (Å²) < 4.78 is 5.12. The lowest BCUT2D eigenvalue weighted by Crippen LogP contribution is -2.56. The lowest BCUT2D eigenvalue weighted by Gasteiger charge is -2.28. The SMILES string of the molecule is COc1ccc(Cl)cc1C(=O)NC1CNC1. The minimum absolute atomic E-state index is 0.147. The second-order valence-corrected chi connectivity index (χ2v) is 4.11. The molecule has 0 saturated carbocycles. The Balaban J connectivity index is 2.16. The van der Waals surface area contributed by atoms with Crippen molar-refractivity contribution in [1.82, 2.24) is 10.6 Å². The second-order valence-electron chi connectivity index (χ2n) is 3.67. The van der Waals surface area contributed by atoms with Crippen LogP contribution < -0.4 is 15.4 Å². The highest BCUT2D eigenvalue weighted by Crippen LogP contribution is 2.22. The topological polar surface area (TPSA) is 50.4 Å². The lowest BCUT2D eigenvalue weighted by atomic mass is 10.1. The standard InChI is InChI=1S/C11H13ClN2O2/c1-16-10-3-2-7(12)4-9(10)11(15)14-8-5-13-6-8/h2-4,8,13H,5-6H2,1H3,(H,14,15). The first kappa shape index (κ1) is 11.2. The minimum Gasteiger partial charge on any atom is -0.496 e. The molecule has 1 saturated heterocycles. The van der Waals surface area contributed by atoms with Gasteiger partial charge in [-0.15, -0.1) is 0 Å². The Morgan fingerprint density at radius 2 is 2.31 bits per heavy atom. The molecule has 16 heavy (non-hydrogen) atoms. The third-order valence-electron chi connectivity index (χ3n) is 2.52. The number of halogens is 1. The van der Waals surface area contributed by atoms with Gasteiger partial charge in [0.25, 0.3) is 5.91 Å². The van der Waals surface area contributed by atoms with Crippen LogP contribution in [0.15, 0.2) is 18.2 Å². The van der Waals surface area contributed by atoms with Gasteiger partial charge in [0.2, 0.25) is 0 Å². The maximum atomic E-state index is 11.9. The van der Waals surface area contributed by atoms with Crippen LogP contribution in [0, 0.1) is 0 Å². The predicted molar refractivity (Wildman–Crippen MR) is 62.1 cm³/mol. The molecule has 0 spiro atoms. The Bertz CT molecular complexity index is 405. The molecular formula is C11H13ClN2O2. The molecule has 1 amide bonds. The fourth-order valence-corrected chi connectivity index (χ4v) is 1.68. The largest absolute Gasteiger partial charge is 0.496 e. The number of nitrogens with one attached hydrogen (secondary N) is 2. The molecule has 0 unspecified atom stereocenters. The Morgan fingerprint density at radius 3 is 2.88 bits per heavy atom. The van der Waals surface area contributed by atoms with Crippen LogP contribution in [0.2, 0.25) is 5.02 Å². The zero-order valence-corrected chi connectivity index (χ0v) is 9.67. The number of hydrogen-bond acceptors (Lipinski definition) is 3. The van der Waals surface area contributed by atoms with Crippen LogP contribution >= 0.6 is 11.6 Å². The van der Waals surface area contributed by atoms with Crippen molar-refractivity contribution in [2.45, 2.75) is 6.04 Å². The van der Waals surface area contributed by atoms with Gasteiger partial charge < -0.3 is 15.4 Å². The molecular weight excluding hydrogens is 228 g/mol. The normalized spacial score (nSPS) is 15.4. The van der Waals surface area contributed by atoms with E-state index in [9.17, 15) is 4.79 Å². The van der Waals surface area contributed by atoms with Crippen molar-refractivity contribution in [3.8, 4) is 5.75 Å². The van der Waals surface area contributed by atoms with Gasteiger partial charge >= 0.3 is 0 Å². The Labute approximate surface area is 98.9 Å². The molecule has 1 fully saturated rings. The summed E-state index contributed by atoms with van der Waals surface area (Å²) in [5.41, 5.74) is 0.474. The Kier molecular flexibility index (Phi) is 3.31. The molecule has 86 valence electrons. The van der Waals surface area contributed by atoms with Gasteiger partial charge in [-0.25, -0.2) is 0 Å². The first-order valence-corrected chi connectivity index (χ1v) is 5.43. The first-order chi connectivity index (χ1) is 7.70. The van der Waals surface area contributed by atoms with Crippen LogP contribution in [0.5, 0.6) is 5.75 Å².